The standard InChI is InChI=1S/C15H27N3O3/c1-10(18-15(21)11-4-2-3-5-11)6-14(20)17-8-12-7-16-9-13(12)19/h10-13,16,19H,2-9H2,1H3,(H,17,20)(H,18,21). The minimum absolute atomic E-state index is 0.0756. The van der Waals surface area contributed by atoms with Crippen LogP contribution in [-0.2, 0) is 9.59 Å². The van der Waals surface area contributed by atoms with Crippen LogP contribution in [0.4, 0.5) is 0 Å². The zero-order valence-corrected chi connectivity index (χ0v) is 12.7. The molecule has 0 aromatic rings. The van der Waals surface area contributed by atoms with Gasteiger partial charge in [-0.25, -0.2) is 0 Å². The Hall–Kier alpha value is -1.14. The first-order valence-electron chi connectivity index (χ1n) is 8.02. The Balaban J connectivity index is 1.63. The highest BCUT2D eigenvalue weighted by Gasteiger charge is 2.26. The molecule has 2 rings (SSSR count). The zero-order valence-electron chi connectivity index (χ0n) is 12.7. The van der Waals surface area contributed by atoms with Crippen LogP contribution in [0.1, 0.15) is 39.0 Å². The third-order valence-electron chi connectivity index (χ3n) is 4.47. The summed E-state index contributed by atoms with van der Waals surface area (Å²) in [6, 6.07) is -0.148. The van der Waals surface area contributed by atoms with Crippen molar-refractivity contribution < 1.29 is 14.7 Å². The summed E-state index contributed by atoms with van der Waals surface area (Å²) in [7, 11) is 0. The van der Waals surface area contributed by atoms with Gasteiger partial charge in [-0.15, -0.1) is 0 Å². The molecular weight excluding hydrogens is 270 g/mol. The van der Waals surface area contributed by atoms with E-state index in [2.05, 4.69) is 16.0 Å². The smallest absolute Gasteiger partial charge is 0.223 e. The summed E-state index contributed by atoms with van der Waals surface area (Å²) < 4.78 is 0. The third-order valence-corrected chi connectivity index (χ3v) is 4.47. The van der Waals surface area contributed by atoms with E-state index in [4.69, 9.17) is 0 Å². The van der Waals surface area contributed by atoms with Crippen LogP contribution < -0.4 is 16.0 Å². The number of hydrogen-bond acceptors (Lipinski definition) is 4. The van der Waals surface area contributed by atoms with Crippen molar-refractivity contribution in [1.29, 1.82) is 0 Å². The van der Waals surface area contributed by atoms with E-state index >= 15 is 0 Å². The maximum atomic E-state index is 12.0. The number of carbonyl (C=O) groups excluding carboxylic acids is 2. The first-order valence-corrected chi connectivity index (χ1v) is 8.02. The SMILES string of the molecule is CC(CC(=O)NCC1CNCC1O)NC(=O)C1CCCC1. The number of carbonyl (C=O) groups is 2. The second-order valence-corrected chi connectivity index (χ2v) is 6.38. The fourth-order valence-corrected chi connectivity index (χ4v) is 3.12. The van der Waals surface area contributed by atoms with E-state index in [1.54, 1.807) is 0 Å². The Morgan fingerprint density at radius 3 is 2.62 bits per heavy atom. The molecule has 6 heteroatoms. The van der Waals surface area contributed by atoms with Crippen molar-refractivity contribution in [3.8, 4) is 0 Å². The molecule has 1 saturated heterocycles. The van der Waals surface area contributed by atoms with Crippen molar-refractivity contribution in [3.05, 3.63) is 0 Å². The average molecular weight is 297 g/mol. The van der Waals surface area contributed by atoms with Gasteiger partial charge in [-0.2, -0.15) is 0 Å². The highest BCUT2D eigenvalue weighted by atomic mass is 16.3. The van der Waals surface area contributed by atoms with E-state index in [0.717, 1.165) is 32.2 Å². The van der Waals surface area contributed by atoms with Crippen LogP contribution in [0.2, 0.25) is 0 Å². The Morgan fingerprint density at radius 2 is 2.00 bits per heavy atom. The summed E-state index contributed by atoms with van der Waals surface area (Å²) in [6.07, 6.45) is 4.10. The Morgan fingerprint density at radius 1 is 1.29 bits per heavy atom. The molecule has 3 atom stereocenters. The molecule has 3 unspecified atom stereocenters. The van der Waals surface area contributed by atoms with Gasteiger partial charge in [0, 0.05) is 43.9 Å². The summed E-state index contributed by atoms with van der Waals surface area (Å²) in [5, 5.41) is 18.5. The van der Waals surface area contributed by atoms with Gasteiger partial charge in [-0.05, 0) is 19.8 Å². The minimum Gasteiger partial charge on any atom is -0.391 e. The molecule has 2 amide bonds. The van der Waals surface area contributed by atoms with Crippen molar-refractivity contribution in [3.63, 3.8) is 0 Å². The van der Waals surface area contributed by atoms with Gasteiger partial charge >= 0.3 is 0 Å². The molecular formula is C15H27N3O3. The summed E-state index contributed by atoms with van der Waals surface area (Å²) in [5.41, 5.74) is 0. The maximum Gasteiger partial charge on any atom is 0.223 e. The Kier molecular flexibility index (Phi) is 5.99. The highest BCUT2D eigenvalue weighted by molar-refractivity contribution is 5.81. The molecule has 2 aliphatic rings. The zero-order chi connectivity index (χ0) is 15.2. The first kappa shape index (κ1) is 16.2. The number of amides is 2. The van der Waals surface area contributed by atoms with Gasteiger partial charge in [-0.3, -0.25) is 9.59 Å². The Bertz CT molecular complexity index is 369. The normalized spacial score (nSPS) is 27.5. The van der Waals surface area contributed by atoms with Gasteiger partial charge in [0.2, 0.25) is 11.8 Å². The number of β-amino-alcohol motifs (C(OH)–C–C–N with tert-alkyl or cyclic N) is 1. The van der Waals surface area contributed by atoms with Gasteiger partial charge in [0.15, 0.2) is 0 Å². The molecule has 120 valence electrons. The van der Waals surface area contributed by atoms with E-state index in [1.165, 1.54) is 0 Å². The number of hydrogen-bond donors (Lipinski definition) is 4. The predicted molar refractivity (Wildman–Crippen MR) is 79.6 cm³/mol. The van der Waals surface area contributed by atoms with Crippen LogP contribution in [0, 0.1) is 11.8 Å². The lowest BCUT2D eigenvalue weighted by atomic mass is 10.1. The van der Waals surface area contributed by atoms with E-state index < -0.39 is 0 Å². The fraction of sp³-hybridized carbons (Fsp3) is 0.867. The summed E-state index contributed by atoms with van der Waals surface area (Å²) in [4.78, 5) is 23.8. The van der Waals surface area contributed by atoms with Crippen LogP contribution in [0.15, 0.2) is 0 Å². The second-order valence-electron chi connectivity index (χ2n) is 6.38. The number of nitrogens with one attached hydrogen (secondary N) is 3. The topological polar surface area (TPSA) is 90.5 Å². The van der Waals surface area contributed by atoms with Gasteiger partial charge in [-0.1, -0.05) is 12.8 Å². The highest BCUT2D eigenvalue weighted by Crippen LogP contribution is 2.24. The fourth-order valence-electron chi connectivity index (χ4n) is 3.12. The van der Waals surface area contributed by atoms with Crippen LogP contribution in [0.25, 0.3) is 0 Å². The quantitative estimate of drug-likeness (QED) is 0.545. The van der Waals surface area contributed by atoms with E-state index in [0.29, 0.717) is 13.1 Å². The lowest BCUT2D eigenvalue weighted by molar-refractivity contribution is -0.126. The summed E-state index contributed by atoms with van der Waals surface area (Å²) >= 11 is 0. The molecule has 0 radical (unpaired) electrons. The lowest BCUT2D eigenvalue weighted by Crippen LogP contribution is -2.41. The van der Waals surface area contributed by atoms with Crippen molar-refractivity contribution in [2.75, 3.05) is 19.6 Å². The van der Waals surface area contributed by atoms with Crippen molar-refractivity contribution in [1.82, 2.24) is 16.0 Å². The van der Waals surface area contributed by atoms with Crippen molar-refractivity contribution >= 4 is 11.8 Å². The molecule has 2 fully saturated rings. The Labute approximate surface area is 126 Å². The summed E-state index contributed by atoms with van der Waals surface area (Å²) in [5.74, 6) is 0.226. The van der Waals surface area contributed by atoms with Gasteiger partial charge in [0.25, 0.3) is 0 Å². The molecule has 6 nitrogen and oxygen atoms in total. The van der Waals surface area contributed by atoms with E-state index in [9.17, 15) is 14.7 Å². The molecule has 0 spiro atoms. The number of rotatable bonds is 6. The van der Waals surface area contributed by atoms with E-state index in [-0.39, 0.29) is 42.2 Å². The molecule has 0 aromatic carbocycles. The number of aliphatic hydroxyl groups excluding tert-OH is 1. The predicted octanol–water partition coefficient (Wildman–Crippen LogP) is -0.232. The minimum atomic E-state index is -0.384. The largest absolute Gasteiger partial charge is 0.391 e. The van der Waals surface area contributed by atoms with Gasteiger partial charge < -0.3 is 21.1 Å². The third kappa shape index (κ3) is 4.97. The molecule has 1 aliphatic carbocycles. The second kappa shape index (κ2) is 7.75. The molecule has 1 aliphatic heterocycles. The summed E-state index contributed by atoms with van der Waals surface area (Å²) in [6.45, 7) is 3.67. The molecule has 0 aromatic heterocycles. The molecule has 1 heterocycles. The molecule has 1 saturated carbocycles. The van der Waals surface area contributed by atoms with Gasteiger partial charge in [0.05, 0.1) is 6.10 Å². The van der Waals surface area contributed by atoms with E-state index in [1.807, 2.05) is 6.92 Å². The van der Waals surface area contributed by atoms with Crippen molar-refractivity contribution in [2.24, 2.45) is 11.8 Å². The first-order chi connectivity index (χ1) is 10.1. The van der Waals surface area contributed by atoms with Gasteiger partial charge in [0.1, 0.15) is 0 Å². The van der Waals surface area contributed by atoms with Crippen LogP contribution in [0.3, 0.4) is 0 Å². The monoisotopic (exact) mass is 297 g/mol. The van der Waals surface area contributed by atoms with Crippen molar-refractivity contribution in [2.45, 2.75) is 51.2 Å². The molecule has 4 N–H and O–H groups in total. The van der Waals surface area contributed by atoms with Crippen LogP contribution >= 0.6 is 0 Å². The lowest BCUT2D eigenvalue weighted by Gasteiger charge is -2.18. The van der Waals surface area contributed by atoms with Crippen LogP contribution in [0.5, 0.6) is 0 Å². The molecule has 0 bridgehead atoms. The number of aliphatic hydroxyl groups is 1. The van der Waals surface area contributed by atoms with Crippen LogP contribution in [-0.4, -0.2) is 48.7 Å². The maximum absolute atomic E-state index is 12.0. The molecule has 21 heavy (non-hydrogen) atoms. The average Bonchev–Trinajstić information content (AvgIpc) is 3.07.